The summed E-state index contributed by atoms with van der Waals surface area (Å²) >= 11 is 0. The predicted octanol–water partition coefficient (Wildman–Crippen LogP) is 8.83. The van der Waals surface area contributed by atoms with E-state index in [2.05, 4.69) is 17.6 Å². The van der Waals surface area contributed by atoms with Crippen molar-refractivity contribution in [2.45, 2.75) is 110 Å². The molecule has 40 heavy (non-hydrogen) atoms. The first-order valence-corrected chi connectivity index (χ1v) is 15.5. The monoisotopic (exact) mass is 556 g/mol. The van der Waals surface area contributed by atoms with E-state index in [1.54, 1.807) is 30.3 Å². The Kier molecular flexibility index (Phi) is 18.0. The fourth-order valence-electron chi connectivity index (χ4n) is 4.58. The molecular weight excluding hydrogens is 504 g/mol. The highest BCUT2D eigenvalue weighted by molar-refractivity contribution is 5.73. The Morgan fingerprint density at radius 2 is 1.07 bits per heavy atom. The first kappa shape index (κ1) is 33.1. The summed E-state index contributed by atoms with van der Waals surface area (Å²) in [5.74, 6) is 1.22. The van der Waals surface area contributed by atoms with Crippen LogP contribution in [0.5, 0.6) is 28.7 Å². The van der Waals surface area contributed by atoms with Gasteiger partial charge < -0.3 is 30.3 Å². The number of phenolic OH excluding ortho intramolecular Hbond substituents is 2. The number of amides is 2. The van der Waals surface area contributed by atoms with Crippen molar-refractivity contribution in [1.29, 1.82) is 0 Å². The van der Waals surface area contributed by atoms with Crippen molar-refractivity contribution in [3.05, 3.63) is 42.5 Å². The third kappa shape index (κ3) is 16.1. The van der Waals surface area contributed by atoms with E-state index >= 15 is 0 Å². The van der Waals surface area contributed by atoms with E-state index in [1.165, 1.54) is 102 Å². The number of hydrogen-bond donors (Lipinski definition) is 4. The van der Waals surface area contributed by atoms with E-state index in [4.69, 9.17) is 9.47 Å². The van der Waals surface area contributed by atoms with Crippen molar-refractivity contribution in [3.63, 3.8) is 0 Å². The first-order valence-electron chi connectivity index (χ1n) is 15.5. The second-order valence-electron chi connectivity index (χ2n) is 10.6. The van der Waals surface area contributed by atoms with Crippen LogP contribution in [0.3, 0.4) is 0 Å². The molecule has 0 spiro atoms. The molecule has 0 aliphatic rings. The Labute approximate surface area is 241 Å². The van der Waals surface area contributed by atoms with Crippen LogP contribution >= 0.6 is 0 Å². The number of ether oxygens (including phenoxy) is 2. The van der Waals surface area contributed by atoms with Gasteiger partial charge in [0.2, 0.25) is 0 Å². The number of hydrogen-bond acceptors (Lipinski definition) is 5. The molecule has 0 bridgehead atoms. The smallest absolute Gasteiger partial charge is 0.314 e. The molecule has 7 nitrogen and oxygen atoms in total. The zero-order valence-corrected chi connectivity index (χ0v) is 24.6. The predicted molar refractivity (Wildman–Crippen MR) is 163 cm³/mol. The highest BCUT2D eigenvalue weighted by atomic mass is 16.5. The summed E-state index contributed by atoms with van der Waals surface area (Å²) in [7, 11) is 0. The number of benzene rings is 2. The number of aromatic hydroxyl groups is 2. The molecule has 0 radical (unpaired) electrons. The van der Waals surface area contributed by atoms with E-state index < -0.39 is 0 Å². The third-order valence-electron chi connectivity index (χ3n) is 6.98. The van der Waals surface area contributed by atoms with Crippen molar-refractivity contribution >= 4 is 6.03 Å². The van der Waals surface area contributed by atoms with Gasteiger partial charge in [-0.05, 0) is 42.8 Å². The molecule has 0 aliphatic heterocycles. The number of phenols is 2. The van der Waals surface area contributed by atoms with E-state index in [0.29, 0.717) is 36.9 Å². The lowest BCUT2D eigenvalue weighted by Crippen LogP contribution is -2.38. The van der Waals surface area contributed by atoms with Crippen molar-refractivity contribution in [2.75, 3.05) is 19.7 Å². The van der Waals surface area contributed by atoms with Crippen molar-refractivity contribution in [1.82, 2.24) is 10.6 Å². The van der Waals surface area contributed by atoms with Crippen molar-refractivity contribution in [2.24, 2.45) is 0 Å². The highest BCUT2D eigenvalue weighted by Gasteiger charge is 2.04. The lowest BCUT2D eigenvalue weighted by atomic mass is 10.0. The molecule has 0 heterocycles. The van der Waals surface area contributed by atoms with Crippen molar-refractivity contribution in [3.8, 4) is 28.7 Å². The van der Waals surface area contributed by atoms with E-state index in [9.17, 15) is 15.0 Å². The molecule has 0 fully saturated rings. The number of urea groups is 1. The van der Waals surface area contributed by atoms with Crippen LogP contribution in [-0.4, -0.2) is 35.9 Å². The molecule has 2 aromatic carbocycles. The Balaban J connectivity index is 1.36. The second kappa shape index (κ2) is 21.7. The minimum Gasteiger partial charge on any atom is -0.504 e. The lowest BCUT2D eigenvalue weighted by Gasteiger charge is -2.10. The summed E-state index contributed by atoms with van der Waals surface area (Å²) in [6.07, 6.45) is 21.5. The molecule has 0 saturated carbocycles. The van der Waals surface area contributed by atoms with Gasteiger partial charge in [0.1, 0.15) is 23.9 Å². The molecule has 0 aromatic heterocycles. The van der Waals surface area contributed by atoms with E-state index in [1.807, 2.05) is 0 Å². The van der Waals surface area contributed by atoms with E-state index in [0.717, 1.165) is 12.8 Å². The fourth-order valence-corrected chi connectivity index (χ4v) is 4.58. The minimum atomic E-state index is -0.237. The van der Waals surface area contributed by atoms with Gasteiger partial charge in [-0.2, -0.15) is 0 Å². The largest absolute Gasteiger partial charge is 0.504 e. The Hall–Kier alpha value is -3.09. The van der Waals surface area contributed by atoms with Gasteiger partial charge in [-0.3, -0.25) is 0 Å². The SMILES string of the molecule is CCCCCCCCCCCCCCCCCCNC(=O)NCCOc1ccc(Oc2ccc(O)c(O)c2)cc1. The molecule has 7 heteroatoms. The average molecular weight is 557 g/mol. The zero-order valence-electron chi connectivity index (χ0n) is 24.6. The molecule has 2 amide bonds. The summed E-state index contributed by atoms with van der Waals surface area (Å²) < 4.78 is 11.3. The topological polar surface area (TPSA) is 100 Å². The molecular formula is C33H52N2O5. The van der Waals surface area contributed by atoms with Gasteiger partial charge in [-0.15, -0.1) is 0 Å². The summed E-state index contributed by atoms with van der Waals surface area (Å²) in [6.45, 7) is 3.75. The molecule has 0 aliphatic carbocycles. The Morgan fingerprint density at radius 1 is 0.600 bits per heavy atom. The van der Waals surface area contributed by atoms with Gasteiger partial charge >= 0.3 is 6.03 Å². The first-order chi connectivity index (χ1) is 19.6. The van der Waals surface area contributed by atoms with Gasteiger partial charge in [0, 0.05) is 12.6 Å². The number of rotatable bonds is 23. The van der Waals surface area contributed by atoms with Gasteiger partial charge in [-0.1, -0.05) is 103 Å². The van der Waals surface area contributed by atoms with Crippen LogP contribution in [0.15, 0.2) is 42.5 Å². The van der Waals surface area contributed by atoms with Crippen LogP contribution in [-0.2, 0) is 0 Å². The fraction of sp³-hybridized carbons (Fsp3) is 0.606. The van der Waals surface area contributed by atoms with Crippen LogP contribution in [0.1, 0.15) is 110 Å². The average Bonchev–Trinajstić information content (AvgIpc) is 2.95. The maximum absolute atomic E-state index is 12.0. The normalized spacial score (nSPS) is 10.8. The van der Waals surface area contributed by atoms with Gasteiger partial charge in [0.25, 0.3) is 0 Å². The quantitative estimate of drug-likeness (QED) is 0.0809. The highest BCUT2D eigenvalue weighted by Crippen LogP contribution is 2.31. The molecule has 224 valence electrons. The standard InChI is InChI=1S/C33H52N2O5/c1-2-3-4-5-6-7-8-9-10-11-12-13-14-15-16-17-24-34-33(38)35-25-26-39-28-18-20-29(21-19-28)40-30-22-23-31(36)32(37)27-30/h18-23,27,36-37H,2-17,24-26H2,1H3,(H2,34,35,38). The summed E-state index contributed by atoms with van der Waals surface area (Å²) in [6, 6.07) is 11.2. The molecule has 4 N–H and O–H groups in total. The summed E-state index contributed by atoms with van der Waals surface area (Å²) in [5.41, 5.74) is 0. The third-order valence-corrected chi connectivity index (χ3v) is 6.98. The zero-order chi connectivity index (χ0) is 28.7. The molecule has 2 rings (SSSR count). The summed E-state index contributed by atoms with van der Waals surface area (Å²) in [4.78, 5) is 12.0. The van der Waals surface area contributed by atoms with Crippen LogP contribution < -0.4 is 20.1 Å². The number of carbonyl (C=O) groups is 1. The maximum Gasteiger partial charge on any atom is 0.314 e. The van der Waals surface area contributed by atoms with Crippen LogP contribution in [0, 0.1) is 0 Å². The Bertz CT molecular complexity index is 920. The van der Waals surface area contributed by atoms with Gasteiger partial charge in [0.05, 0.1) is 6.54 Å². The number of carbonyl (C=O) groups excluding carboxylic acids is 1. The lowest BCUT2D eigenvalue weighted by molar-refractivity contribution is 0.236. The molecule has 0 unspecified atom stereocenters. The second-order valence-corrected chi connectivity index (χ2v) is 10.6. The number of nitrogens with one attached hydrogen (secondary N) is 2. The van der Waals surface area contributed by atoms with Crippen LogP contribution in [0.2, 0.25) is 0 Å². The molecule has 0 atom stereocenters. The number of unbranched alkanes of at least 4 members (excludes halogenated alkanes) is 15. The summed E-state index contributed by atoms with van der Waals surface area (Å²) in [5, 5.41) is 24.7. The van der Waals surface area contributed by atoms with Crippen LogP contribution in [0.4, 0.5) is 4.79 Å². The van der Waals surface area contributed by atoms with E-state index in [-0.39, 0.29) is 17.5 Å². The Morgan fingerprint density at radius 3 is 1.62 bits per heavy atom. The molecule has 0 saturated heterocycles. The minimum absolute atomic E-state index is 0.162. The van der Waals surface area contributed by atoms with Gasteiger partial charge in [0.15, 0.2) is 11.5 Å². The van der Waals surface area contributed by atoms with Gasteiger partial charge in [-0.25, -0.2) is 4.79 Å². The van der Waals surface area contributed by atoms with Crippen LogP contribution in [0.25, 0.3) is 0 Å². The molecule has 2 aromatic rings. The maximum atomic E-state index is 12.0. The van der Waals surface area contributed by atoms with Crippen molar-refractivity contribution < 1.29 is 24.5 Å².